The second kappa shape index (κ2) is 2.86. The van der Waals surface area contributed by atoms with Crippen LogP contribution in [0.4, 0.5) is 4.79 Å². The zero-order valence-corrected chi connectivity index (χ0v) is 8.19. The number of amides is 1. The van der Waals surface area contributed by atoms with Gasteiger partial charge in [-0.2, -0.15) is 0 Å². The van der Waals surface area contributed by atoms with Gasteiger partial charge in [0, 0.05) is 11.8 Å². The highest BCUT2D eigenvalue weighted by Gasteiger charge is 2.41. The Labute approximate surface area is 87.7 Å². The SMILES string of the molecule is O=C1NC=CC2(CCc3ccccc32)O1. The Kier molecular flexibility index (Phi) is 1.63. The minimum absolute atomic E-state index is 0.366. The first-order valence-corrected chi connectivity index (χ1v) is 5.06. The van der Waals surface area contributed by atoms with Crippen molar-refractivity contribution in [3.05, 3.63) is 47.7 Å². The Morgan fingerprint density at radius 3 is 3.07 bits per heavy atom. The van der Waals surface area contributed by atoms with E-state index in [9.17, 15) is 4.79 Å². The molecule has 1 spiro atoms. The summed E-state index contributed by atoms with van der Waals surface area (Å²) in [5.41, 5.74) is 1.88. The Hall–Kier alpha value is -1.77. The molecule has 0 bridgehead atoms. The summed E-state index contributed by atoms with van der Waals surface area (Å²) in [5.74, 6) is 0. The molecule has 1 heterocycles. The van der Waals surface area contributed by atoms with Gasteiger partial charge in [-0.15, -0.1) is 0 Å². The monoisotopic (exact) mass is 201 g/mol. The minimum Gasteiger partial charge on any atom is -0.433 e. The minimum atomic E-state index is -0.515. The van der Waals surface area contributed by atoms with Gasteiger partial charge in [-0.05, 0) is 24.5 Å². The van der Waals surface area contributed by atoms with E-state index in [0.717, 1.165) is 18.4 Å². The standard InChI is InChI=1S/C12H11NO2/c14-11-13-8-7-12(15-11)6-5-9-3-1-2-4-10(9)12/h1-4,7-8H,5-6H2,(H,13,14). The van der Waals surface area contributed by atoms with Crippen molar-refractivity contribution in [3.63, 3.8) is 0 Å². The van der Waals surface area contributed by atoms with E-state index in [1.54, 1.807) is 6.20 Å². The maximum Gasteiger partial charge on any atom is 0.412 e. The number of aryl methyl sites for hydroxylation is 1. The largest absolute Gasteiger partial charge is 0.433 e. The van der Waals surface area contributed by atoms with Crippen molar-refractivity contribution in [1.29, 1.82) is 0 Å². The second-order valence-electron chi connectivity index (χ2n) is 3.91. The van der Waals surface area contributed by atoms with Crippen LogP contribution in [0, 0.1) is 0 Å². The summed E-state index contributed by atoms with van der Waals surface area (Å²) in [5, 5.41) is 2.52. The lowest BCUT2D eigenvalue weighted by Gasteiger charge is -2.29. The number of benzene rings is 1. The first kappa shape index (κ1) is 8.53. The molecule has 3 nitrogen and oxygen atoms in total. The zero-order valence-electron chi connectivity index (χ0n) is 8.19. The molecule has 0 fully saturated rings. The van der Waals surface area contributed by atoms with Gasteiger partial charge in [-0.3, -0.25) is 5.32 Å². The predicted molar refractivity (Wildman–Crippen MR) is 55.2 cm³/mol. The van der Waals surface area contributed by atoms with Gasteiger partial charge in [-0.25, -0.2) is 4.79 Å². The molecule has 0 saturated heterocycles. The molecule has 3 rings (SSSR count). The third-order valence-electron chi connectivity index (χ3n) is 3.07. The number of fused-ring (bicyclic) bond motifs is 2. The van der Waals surface area contributed by atoms with Crippen LogP contribution in [0.5, 0.6) is 0 Å². The molecule has 0 aromatic heterocycles. The van der Waals surface area contributed by atoms with Crippen molar-refractivity contribution in [2.45, 2.75) is 18.4 Å². The van der Waals surface area contributed by atoms with Crippen molar-refractivity contribution >= 4 is 6.09 Å². The lowest BCUT2D eigenvalue weighted by Crippen LogP contribution is -2.36. The number of carbonyl (C=O) groups excluding carboxylic acids is 1. The third-order valence-corrected chi connectivity index (χ3v) is 3.07. The van der Waals surface area contributed by atoms with Crippen molar-refractivity contribution in [2.75, 3.05) is 0 Å². The van der Waals surface area contributed by atoms with Crippen LogP contribution < -0.4 is 5.32 Å². The van der Waals surface area contributed by atoms with E-state index in [1.165, 1.54) is 5.56 Å². The Bertz CT molecular complexity index is 453. The zero-order chi connectivity index (χ0) is 10.3. The van der Waals surface area contributed by atoms with Gasteiger partial charge in [-0.1, -0.05) is 24.3 Å². The summed E-state index contributed by atoms with van der Waals surface area (Å²) in [6, 6.07) is 8.12. The lowest BCUT2D eigenvalue weighted by atomic mass is 9.95. The molecule has 2 aliphatic rings. The molecule has 15 heavy (non-hydrogen) atoms. The molecular formula is C12H11NO2. The Balaban J connectivity index is 2.12. The van der Waals surface area contributed by atoms with Crippen molar-refractivity contribution < 1.29 is 9.53 Å². The van der Waals surface area contributed by atoms with Crippen LogP contribution in [0.25, 0.3) is 0 Å². The molecule has 1 unspecified atom stereocenters. The molecule has 1 aromatic carbocycles. The fourth-order valence-electron chi connectivity index (χ4n) is 2.36. The van der Waals surface area contributed by atoms with E-state index in [4.69, 9.17) is 4.74 Å². The van der Waals surface area contributed by atoms with Crippen molar-refractivity contribution in [1.82, 2.24) is 5.32 Å². The highest BCUT2D eigenvalue weighted by Crippen LogP contribution is 2.41. The van der Waals surface area contributed by atoms with Crippen LogP contribution in [-0.2, 0) is 16.8 Å². The van der Waals surface area contributed by atoms with E-state index < -0.39 is 5.60 Å². The maximum absolute atomic E-state index is 11.2. The summed E-state index contributed by atoms with van der Waals surface area (Å²) >= 11 is 0. The van der Waals surface area contributed by atoms with Gasteiger partial charge < -0.3 is 4.74 Å². The van der Waals surface area contributed by atoms with Crippen LogP contribution in [-0.4, -0.2) is 6.09 Å². The van der Waals surface area contributed by atoms with Crippen LogP contribution in [0.1, 0.15) is 17.5 Å². The molecule has 1 N–H and O–H groups in total. The summed E-state index contributed by atoms with van der Waals surface area (Å²) in [6.07, 6.45) is 5.05. The quantitative estimate of drug-likeness (QED) is 0.698. The van der Waals surface area contributed by atoms with Crippen molar-refractivity contribution in [3.8, 4) is 0 Å². The molecule has 0 radical (unpaired) electrons. The average molecular weight is 201 g/mol. The van der Waals surface area contributed by atoms with E-state index in [0.29, 0.717) is 0 Å². The average Bonchev–Trinajstić information content (AvgIpc) is 2.59. The summed E-state index contributed by atoms with van der Waals surface area (Å²) < 4.78 is 5.42. The molecule has 76 valence electrons. The number of nitrogens with one attached hydrogen (secondary N) is 1. The van der Waals surface area contributed by atoms with Crippen LogP contribution in [0.15, 0.2) is 36.5 Å². The number of hydrogen-bond donors (Lipinski definition) is 1. The molecule has 1 aliphatic heterocycles. The topological polar surface area (TPSA) is 38.3 Å². The van der Waals surface area contributed by atoms with Gasteiger partial charge in [0.15, 0.2) is 5.60 Å². The van der Waals surface area contributed by atoms with Gasteiger partial charge in [0.05, 0.1) is 0 Å². The predicted octanol–water partition coefficient (Wildman–Crippen LogP) is 2.08. The molecule has 1 amide bonds. The summed E-state index contributed by atoms with van der Waals surface area (Å²) in [7, 11) is 0. The lowest BCUT2D eigenvalue weighted by molar-refractivity contribution is 0.0412. The smallest absolute Gasteiger partial charge is 0.412 e. The van der Waals surface area contributed by atoms with E-state index in [2.05, 4.69) is 11.4 Å². The first-order chi connectivity index (χ1) is 7.30. The van der Waals surface area contributed by atoms with E-state index >= 15 is 0 Å². The van der Waals surface area contributed by atoms with Crippen molar-refractivity contribution in [2.24, 2.45) is 0 Å². The normalized spacial score (nSPS) is 27.3. The number of hydrogen-bond acceptors (Lipinski definition) is 2. The fourth-order valence-corrected chi connectivity index (χ4v) is 2.36. The molecule has 1 aromatic rings. The Morgan fingerprint density at radius 2 is 2.20 bits per heavy atom. The Morgan fingerprint density at radius 1 is 1.33 bits per heavy atom. The molecule has 1 aliphatic carbocycles. The van der Waals surface area contributed by atoms with Crippen LogP contribution in [0.2, 0.25) is 0 Å². The second-order valence-corrected chi connectivity index (χ2v) is 3.91. The molecule has 1 atom stereocenters. The van der Waals surface area contributed by atoms with E-state index in [-0.39, 0.29) is 6.09 Å². The van der Waals surface area contributed by atoms with Gasteiger partial charge >= 0.3 is 6.09 Å². The molecule has 3 heteroatoms. The van der Waals surface area contributed by atoms with Crippen LogP contribution >= 0.6 is 0 Å². The maximum atomic E-state index is 11.2. The van der Waals surface area contributed by atoms with Crippen LogP contribution in [0.3, 0.4) is 0 Å². The first-order valence-electron chi connectivity index (χ1n) is 5.06. The number of carbonyl (C=O) groups is 1. The number of rotatable bonds is 0. The van der Waals surface area contributed by atoms with E-state index in [1.807, 2.05) is 24.3 Å². The molecule has 0 saturated carbocycles. The number of alkyl carbamates (subject to hydrolysis) is 1. The highest BCUT2D eigenvalue weighted by molar-refractivity contribution is 5.71. The third kappa shape index (κ3) is 1.16. The van der Waals surface area contributed by atoms with Gasteiger partial charge in [0.1, 0.15) is 0 Å². The fraction of sp³-hybridized carbons (Fsp3) is 0.250. The van der Waals surface area contributed by atoms with Gasteiger partial charge in [0.2, 0.25) is 0 Å². The summed E-state index contributed by atoms with van der Waals surface area (Å²) in [6.45, 7) is 0. The highest BCUT2D eigenvalue weighted by atomic mass is 16.6. The summed E-state index contributed by atoms with van der Waals surface area (Å²) in [4.78, 5) is 11.2. The number of ether oxygens (including phenoxy) is 1. The van der Waals surface area contributed by atoms with Gasteiger partial charge in [0.25, 0.3) is 0 Å². The molecular weight excluding hydrogens is 190 g/mol.